The molecule has 0 saturated carbocycles. The minimum Gasteiger partial charge on any atom is -0.392 e. The number of aromatic nitrogens is 2. The highest BCUT2D eigenvalue weighted by Gasteiger charge is 2.05. The Morgan fingerprint density at radius 1 is 1.57 bits per heavy atom. The summed E-state index contributed by atoms with van der Waals surface area (Å²) < 4.78 is 0. The van der Waals surface area contributed by atoms with E-state index < -0.39 is 6.10 Å². The van der Waals surface area contributed by atoms with E-state index >= 15 is 0 Å². The molecule has 0 aliphatic carbocycles. The number of nitrogens with two attached hydrogens (primary N) is 1. The average molecular weight is 197 g/mol. The van der Waals surface area contributed by atoms with Crippen LogP contribution in [0.5, 0.6) is 0 Å². The van der Waals surface area contributed by atoms with Crippen LogP contribution in [0.25, 0.3) is 0 Å². The Morgan fingerprint density at radius 3 is 2.71 bits per heavy atom. The van der Waals surface area contributed by atoms with Crippen LogP contribution in [-0.2, 0) is 0 Å². The van der Waals surface area contributed by atoms with Gasteiger partial charge < -0.3 is 15.4 Å². The lowest BCUT2D eigenvalue weighted by molar-refractivity contribution is 0.201. The minimum atomic E-state index is -0.394. The second-order valence-electron chi connectivity index (χ2n) is 3.15. The number of hydrogen-bond donors (Lipinski definition) is 3. The molecule has 1 atom stereocenters. The lowest BCUT2D eigenvalue weighted by atomic mass is 10.3. The third-order valence-electron chi connectivity index (χ3n) is 1.73. The van der Waals surface area contributed by atoms with Crippen LogP contribution >= 0.6 is 0 Å². The molecule has 1 aromatic heterocycles. The zero-order valence-corrected chi connectivity index (χ0v) is 8.31. The largest absolute Gasteiger partial charge is 0.392 e. The summed E-state index contributed by atoms with van der Waals surface area (Å²) in [6.45, 7) is 2.24. The average Bonchev–Trinajstić information content (AvgIpc) is 2.17. The Bertz CT molecular complexity index is 274. The molecular weight excluding hydrogens is 182 g/mol. The summed E-state index contributed by atoms with van der Waals surface area (Å²) in [5.41, 5.74) is 2.39. The number of anilines is 2. The first-order valence-corrected chi connectivity index (χ1v) is 4.33. The molecular formula is C8H15N5O. The van der Waals surface area contributed by atoms with Gasteiger partial charge in [0.05, 0.1) is 6.10 Å². The second kappa shape index (κ2) is 4.73. The Morgan fingerprint density at radius 2 is 2.29 bits per heavy atom. The maximum absolute atomic E-state index is 9.16. The maximum Gasteiger partial charge on any atom is 0.162 e. The highest BCUT2D eigenvalue weighted by atomic mass is 16.3. The van der Waals surface area contributed by atoms with Crippen molar-refractivity contribution in [2.24, 2.45) is 5.84 Å². The van der Waals surface area contributed by atoms with E-state index in [2.05, 4.69) is 15.6 Å². The van der Waals surface area contributed by atoms with Gasteiger partial charge in [-0.15, -0.1) is 10.2 Å². The molecule has 0 unspecified atom stereocenters. The topological polar surface area (TPSA) is 87.3 Å². The van der Waals surface area contributed by atoms with Crippen LogP contribution in [0.1, 0.15) is 6.92 Å². The van der Waals surface area contributed by atoms with E-state index in [4.69, 9.17) is 10.9 Å². The van der Waals surface area contributed by atoms with Gasteiger partial charge in [-0.1, -0.05) is 0 Å². The highest BCUT2D eigenvalue weighted by molar-refractivity contribution is 5.42. The highest BCUT2D eigenvalue weighted by Crippen LogP contribution is 2.09. The van der Waals surface area contributed by atoms with Crippen LogP contribution < -0.4 is 16.2 Å². The molecule has 78 valence electrons. The number of nitrogens with zero attached hydrogens (tertiary/aromatic N) is 3. The molecule has 0 fully saturated rings. The van der Waals surface area contributed by atoms with Crippen molar-refractivity contribution >= 4 is 11.6 Å². The van der Waals surface area contributed by atoms with Gasteiger partial charge in [0.25, 0.3) is 0 Å². The molecule has 0 radical (unpaired) electrons. The fourth-order valence-electron chi connectivity index (χ4n) is 1.10. The monoisotopic (exact) mass is 197 g/mol. The molecule has 1 heterocycles. The lowest BCUT2D eigenvalue weighted by Crippen LogP contribution is -2.27. The number of nitrogen functional groups attached to an aromatic ring is 1. The van der Waals surface area contributed by atoms with Gasteiger partial charge in [0, 0.05) is 13.6 Å². The summed E-state index contributed by atoms with van der Waals surface area (Å²) in [6, 6.07) is 3.51. The van der Waals surface area contributed by atoms with Gasteiger partial charge in [-0.25, -0.2) is 5.84 Å². The van der Waals surface area contributed by atoms with Crippen molar-refractivity contribution < 1.29 is 5.11 Å². The van der Waals surface area contributed by atoms with E-state index in [9.17, 15) is 0 Å². The molecule has 0 aromatic carbocycles. The van der Waals surface area contributed by atoms with Crippen LogP contribution in [-0.4, -0.2) is 35.0 Å². The molecule has 0 saturated heterocycles. The van der Waals surface area contributed by atoms with Gasteiger partial charge in [0.2, 0.25) is 0 Å². The van der Waals surface area contributed by atoms with Crippen molar-refractivity contribution in [3.8, 4) is 0 Å². The molecule has 6 heteroatoms. The number of aliphatic hydroxyl groups is 1. The molecule has 0 spiro atoms. The molecule has 6 nitrogen and oxygen atoms in total. The predicted molar refractivity (Wildman–Crippen MR) is 54.8 cm³/mol. The lowest BCUT2D eigenvalue weighted by Gasteiger charge is -2.18. The summed E-state index contributed by atoms with van der Waals surface area (Å²) in [6.07, 6.45) is -0.394. The maximum atomic E-state index is 9.16. The first-order chi connectivity index (χ1) is 6.63. The van der Waals surface area contributed by atoms with Crippen LogP contribution in [0.3, 0.4) is 0 Å². The Labute approximate surface area is 82.7 Å². The van der Waals surface area contributed by atoms with Crippen molar-refractivity contribution in [1.82, 2.24) is 10.2 Å². The molecule has 14 heavy (non-hydrogen) atoms. The van der Waals surface area contributed by atoms with Gasteiger partial charge in [0.15, 0.2) is 11.6 Å². The van der Waals surface area contributed by atoms with Gasteiger partial charge >= 0.3 is 0 Å². The van der Waals surface area contributed by atoms with Crippen molar-refractivity contribution in [1.29, 1.82) is 0 Å². The molecule has 0 aliphatic rings. The quantitative estimate of drug-likeness (QED) is 0.449. The molecule has 0 bridgehead atoms. The van der Waals surface area contributed by atoms with Gasteiger partial charge in [-0.2, -0.15) is 0 Å². The standard InChI is InChI=1S/C8H15N5O/c1-6(14)5-13(2)8-4-3-7(10-9)11-12-8/h3-4,6,14H,5,9H2,1-2H3,(H,10,11)/t6-/m1/s1. The van der Waals surface area contributed by atoms with Crippen molar-refractivity contribution in [3.05, 3.63) is 12.1 Å². The van der Waals surface area contributed by atoms with E-state index in [0.717, 1.165) is 0 Å². The zero-order valence-electron chi connectivity index (χ0n) is 8.31. The van der Waals surface area contributed by atoms with Crippen LogP contribution in [0.15, 0.2) is 12.1 Å². The number of nitrogens with one attached hydrogen (secondary N) is 1. The van der Waals surface area contributed by atoms with Crippen molar-refractivity contribution in [3.63, 3.8) is 0 Å². The Kier molecular flexibility index (Phi) is 3.61. The number of rotatable bonds is 4. The summed E-state index contributed by atoms with van der Waals surface area (Å²) >= 11 is 0. The summed E-state index contributed by atoms with van der Waals surface area (Å²) in [5, 5.41) is 16.9. The summed E-state index contributed by atoms with van der Waals surface area (Å²) in [5.74, 6) is 6.36. The third-order valence-corrected chi connectivity index (χ3v) is 1.73. The van der Waals surface area contributed by atoms with Gasteiger partial charge in [-0.3, -0.25) is 0 Å². The SMILES string of the molecule is C[C@@H](O)CN(C)c1ccc(NN)nn1. The summed E-state index contributed by atoms with van der Waals surface area (Å²) in [4.78, 5) is 1.82. The molecule has 4 N–H and O–H groups in total. The van der Waals surface area contributed by atoms with E-state index in [1.54, 1.807) is 19.1 Å². The minimum absolute atomic E-state index is 0.394. The van der Waals surface area contributed by atoms with Crippen LogP contribution in [0.4, 0.5) is 11.6 Å². The normalized spacial score (nSPS) is 12.3. The second-order valence-corrected chi connectivity index (χ2v) is 3.15. The Balaban J connectivity index is 2.66. The molecule has 0 amide bonds. The fraction of sp³-hybridized carbons (Fsp3) is 0.500. The number of hydrogen-bond acceptors (Lipinski definition) is 6. The number of likely N-dealkylation sites (N-methyl/N-ethyl adjacent to an activating group) is 1. The molecule has 1 rings (SSSR count). The summed E-state index contributed by atoms with van der Waals surface area (Å²) in [7, 11) is 1.84. The smallest absolute Gasteiger partial charge is 0.162 e. The molecule has 1 aromatic rings. The Hall–Kier alpha value is -1.40. The van der Waals surface area contributed by atoms with Crippen molar-refractivity contribution in [2.75, 3.05) is 23.9 Å². The van der Waals surface area contributed by atoms with Gasteiger partial charge in [-0.05, 0) is 19.1 Å². The van der Waals surface area contributed by atoms with Crippen LogP contribution in [0, 0.1) is 0 Å². The number of hydrazine groups is 1. The van der Waals surface area contributed by atoms with E-state index in [1.807, 2.05) is 11.9 Å². The van der Waals surface area contributed by atoms with Gasteiger partial charge in [0.1, 0.15) is 0 Å². The van der Waals surface area contributed by atoms with Crippen LogP contribution in [0.2, 0.25) is 0 Å². The van der Waals surface area contributed by atoms with E-state index in [-0.39, 0.29) is 0 Å². The fourth-order valence-corrected chi connectivity index (χ4v) is 1.10. The first-order valence-electron chi connectivity index (χ1n) is 4.33. The van der Waals surface area contributed by atoms with E-state index in [0.29, 0.717) is 18.2 Å². The zero-order chi connectivity index (χ0) is 10.6. The number of aliphatic hydroxyl groups excluding tert-OH is 1. The first kappa shape index (κ1) is 10.7. The predicted octanol–water partition coefficient (Wildman–Crippen LogP) is -0.421. The van der Waals surface area contributed by atoms with E-state index in [1.165, 1.54) is 0 Å². The molecule has 0 aliphatic heterocycles. The third kappa shape index (κ3) is 2.82. The van der Waals surface area contributed by atoms with Crippen molar-refractivity contribution in [2.45, 2.75) is 13.0 Å².